The van der Waals surface area contributed by atoms with Gasteiger partial charge in [0.25, 0.3) is 11.8 Å². The van der Waals surface area contributed by atoms with E-state index in [9.17, 15) is 31.2 Å². The molecule has 0 bridgehead atoms. The van der Waals surface area contributed by atoms with Gasteiger partial charge in [-0.1, -0.05) is 65.8 Å². The molecule has 0 spiro atoms. The summed E-state index contributed by atoms with van der Waals surface area (Å²) in [5.41, 5.74) is 11.6. The van der Waals surface area contributed by atoms with Gasteiger partial charge in [0, 0.05) is 38.0 Å². The number of anilines is 6. The summed E-state index contributed by atoms with van der Waals surface area (Å²) in [6, 6.07) is 21.2. The maximum absolute atomic E-state index is 13.6. The summed E-state index contributed by atoms with van der Waals surface area (Å²) < 4.78 is 72.6. The highest BCUT2D eigenvalue weighted by Crippen LogP contribution is 2.41. The molecule has 19 nitrogen and oxygen atoms in total. The number of morpholine rings is 1. The zero-order valence-electron chi connectivity index (χ0n) is 41.6. The van der Waals surface area contributed by atoms with Gasteiger partial charge in [0.05, 0.1) is 85.1 Å². The summed E-state index contributed by atoms with van der Waals surface area (Å²) in [6.45, 7) is 14.0. The van der Waals surface area contributed by atoms with Crippen molar-refractivity contribution in [2.45, 2.75) is 52.4 Å². The number of fused-ring (bicyclic) bond motifs is 2. The molecule has 2 aromatic heterocycles. The molecule has 0 atom stereocenters. The van der Waals surface area contributed by atoms with Gasteiger partial charge in [0.15, 0.2) is 11.5 Å². The lowest BCUT2D eigenvalue weighted by atomic mass is 9.86. The fourth-order valence-electron chi connectivity index (χ4n) is 8.04. The van der Waals surface area contributed by atoms with Crippen molar-refractivity contribution in [2.24, 2.45) is 14.1 Å². The Hall–Kier alpha value is -6.97. The molecule has 7 rings (SSSR count). The Morgan fingerprint density at radius 1 is 0.600 bits per heavy atom. The second-order valence-corrected chi connectivity index (χ2v) is 22.6. The first-order chi connectivity index (χ1) is 32.6. The van der Waals surface area contributed by atoms with Crippen LogP contribution in [-0.4, -0.2) is 102 Å². The summed E-state index contributed by atoms with van der Waals surface area (Å²) in [4.78, 5) is 41.3. The van der Waals surface area contributed by atoms with E-state index in [0.717, 1.165) is 39.9 Å². The number of aromatic nitrogens is 2. The van der Waals surface area contributed by atoms with Crippen molar-refractivity contribution in [3.05, 3.63) is 95.3 Å². The summed E-state index contributed by atoms with van der Waals surface area (Å²) in [7, 11) is -0.810. The van der Waals surface area contributed by atoms with Gasteiger partial charge in [-0.2, -0.15) is 0 Å². The third-order valence-corrected chi connectivity index (χ3v) is 12.7. The number of aryl methyl sites for hydroxylation is 2. The van der Waals surface area contributed by atoms with Gasteiger partial charge >= 0.3 is 6.03 Å². The number of sulfonamides is 2. The van der Waals surface area contributed by atoms with Crippen LogP contribution in [-0.2, 0) is 49.7 Å². The lowest BCUT2D eigenvalue weighted by Gasteiger charge is -2.27. The van der Waals surface area contributed by atoms with Crippen molar-refractivity contribution < 1.29 is 45.4 Å². The molecule has 376 valence electrons. The fourth-order valence-corrected chi connectivity index (χ4v) is 9.14. The highest BCUT2D eigenvalue weighted by atomic mass is 32.2. The van der Waals surface area contributed by atoms with Gasteiger partial charge in [0.1, 0.15) is 11.4 Å². The van der Waals surface area contributed by atoms with Crippen LogP contribution < -0.4 is 40.6 Å². The topological polar surface area (TPSA) is 246 Å². The average Bonchev–Trinajstić information content (AvgIpc) is 3.79. The molecule has 21 heteroatoms. The monoisotopic (exact) mass is 1000 g/mol. The molecule has 4 amide bonds. The number of hydrogen-bond acceptors (Lipinski definition) is 11. The molecule has 0 saturated carbocycles. The minimum atomic E-state index is -3.61. The van der Waals surface area contributed by atoms with Crippen LogP contribution in [0.4, 0.5) is 38.9 Å². The van der Waals surface area contributed by atoms with Crippen LogP contribution in [0.1, 0.15) is 73.6 Å². The second-order valence-electron chi connectivity index (χ2n) is 19.1. The van der Waals surface area contributed by atoms with E-state index in [1.54, 1.807) is 76.7 Å². The number of para-hydroxylation sites is 2. The van der Waals surface area contributed by atoms with E-state index in [-0.39, 0.29) is 45.6 Å². The van der Waals surface area contributed by atoms with E-state index in [2.05, 4.69) is 25.4 Å². The molecular weight excluding hydrogens is 939 g/mol. The largest absolute Gasteiger partial charge is 0.492 e. The highest BCUT2D eigenvalue weighted by molar-refractivity contribution is 7.92. The first kappa shape index (κ1) is 52.4. The van der Waals surface area contributed by atoms with E-state index >= 15 is 0 Å². The summed E-state index contributed by atoms with van der Waals surface area (Å²) in [5.74, 6) is -0.370. The van der Waals surface area contributed by atoms with E-state index in [1.165, 1.54) is 14.2 Å². The quantitative estimate of drug-likeness (QED) is 0.0688. The zero-order valence-corrected chi connectivity index (χ0v) is 43.2. The summed E-state index contributed by atoms with van der Waals surface area (Å²) in [6.07, 6.45) is 2.12. The van der Waals surface area contributed by atoms with E-state index in [1.807, 2.05) is 65.8 Å². The Bertz CT molecular complexity index is 3220. The number of benzene rings is 4. The number of nitrogen functional groups attached to an aromatic ring is 1. The molecule has 4 aromatic carbocycles. The zero-order chi connectivity index (χ0) is 51.7. The van der Waals surface area contributed by atoms with Crippen LogP contribution in [0.3, 0.4) is 0 Å². The van der Waals surface area contributed by atoms with Gasteiger partial charge in [-0.15, -0.1) is 0 Å². The van der Waals surface area contributed by atoms with Crippen LogP contribution in [0, 0.1) is 0 Å². The number of methoxy groups -OCH3 is 2. The number of nitrogens with one attached hydrogen (secondary N) is 5. The SMILES string of the molecule is COc1c(NC(=O)c2cc3cccc(N)c3n2C)cc(C(C)(C)C)cc1NS(C)(=O)=O.COc1c(NC(=O)c2cc3cccc(NC(=O)N4CCOCC4)c3n2C)cc(C(C)(C)C)cc1NS(C)(=O)=O. The standard InChI is InChI=1S/C27H35N5O6S.C22H28N4O4S/c1-27(2,3)18-15-20(24(37-5)21(16-18)30-39(6,35)36)28-25(33)22-14-17-8-7-9-19(23(17)31(22)4)29-26(34)32-10-12-38-13-11-32;1-22(2,3)14-11-16(20(30-5)17(12-14)25-31(6,28)29)24-21(27)18-10-13-8-7-9-15(23)19(13)26(18)4/h7-9,14-16,30H,10-13H2,1-6H3,(H,28,33)(H,29,34);7-12,25H,23H2,1-6H3,(H,24,27). The van der Waals surface area contributed by atoms with Crippen LogP contribution in [0.5, 0.6) is 11.5 Å². The van der Waals surface area contributed by atoms with Gasteiger partial charge < -0.3 is 49.9 Å². The molecule has 70 heavy (non-hydrogen) atoms. The number of ether oxygens (including phenoxy) is 3. The van der Waals surface area contributed by atoms with Gasteiger partial charge in [-0.3, -0.25) is 19.0 Å². The van der Waals surface area contributed by atoms with Gasteiger partial charge in [-0.05, 0) is 70.5 Å². The summed E-state index contributed by atoms with van der Waals surface area (Å²) >= 11 is 0. The first-order valence-electron chi connectivity index (χ1n) is 22.2. The maximum atomic E-state index is 13.6. The normalized spacial score (nSPS) is 13.3. The lowest BCUT2D eigenvalue weighted by Crippen LogP contribution is -2.43. The Labute approximate surface area is 409 Å². The number of rotatable bonds is 11. The Morgan fingerprint density at radius 3 is 1.43 bits per heavy atom. The predicted octanol–water partition coefficient (Wildman–Crippen LogP) is 7.66. The van der Waals surface area contributed by atoms with Crippen molar-refractivity contribution in [3.63, 3.8) is 0 Å². The average molecular weight is 1000 g/mol. The molecule has 1 aliphatic heterocycles. The molecule has 1 fully saturated rings. The van der Waals surface area contributed by atoms with Gasteiger partial charge in [0.2, 0.25) is 20.0 Å². The highest BCUT2D eigenvalue weighted by Gasteiger charge is 2.27. The predicted molar refractivity (Wildman–Crippen MR) is 278 cm³/mol. The van der Waals surface area contributed by atoms with Crippen molar-refractivity contribution in [2.75, 3.05) is 84.2 Å². The van der Waals surface area contributed by atoms with E-state index in [0.29, 0.717) is 66.0 Å². The number of carbonyl (C=O) groups is 3. The fraction of sp³-hybridized carbons (Fsp3) is 0.367. The number of carbonyl (C=O) groups excluding carboxylic acids is 3. The Kier molecular flexibility index (Phi) is 15.1. The van der Waals surface area contributed by atoms with Crippen molar-refractivity contribution in [1.82, 2.24) is 14.0 Å². The number of nitrogens with two attached hydrogens (primary N) is 1. The second kappa shape index (κ2) is 20.2. The Morgan fingerprint density at radius 2 is 1.01 bits per heavy atom. The third-order valence-electron chi connectivity index (χ3n) is 11.6. The van der Waals surface area contributed by atoms with Crippen molar-refractivity contribution >= 4 is 93.8 Å². The first-order valence-corrected chi connectivity index (χ1v) is 26.0. The molecule has 1 saturated heterocycles. The number of nitrogens with zero attached hydrogens (tertiary/aromatic N) is 3. The smallest absolute Gasteiger partial charge is 0.322 e. The van der Waals surface area contributed by atoms with E-state index in [4.69, 9.17) is 19.9 Å². The van der Waals surface area contributed by atoms with E-state index < -0.39 is 26.0 Å². The van der Waals surface area contributed by atoms with Crippen LogP contribution >= 0.6 is 0 Å². The minimum Gasteiger partial charge on any atom is -0.492 e. The Balaban J connectivity index is 0.000000236. The number of amides is 4. The third kappa shape index (κ3) is 12.1. The van der Waals surface area contributed by atoms with Gasteiger partial charge in [-0.25, -0.2) is 21.6 Å². The molecular formula is C49H63N9O10S2. The lowest BCUT2D eigenvalue weighted by molar-refractivity contribution is 0.0565. The minimum absolute atomic E-state index is 0.194. The molecule has 0 radical (unpaired) electrons. The van der Waals surface area contributed by atoms with Crippen molar-refractivity contribution in [3.8, 4) is 11.5 Å². The molecule has 3 heterocycles. The van der Waals surface area contributed by atoms with Crippen molar-refractivity contribution in [1.29, 1.82) is 0 Å². The molecule has 1 aliphatic rings. The van der Waals surface area contributed by atoms with Crippen LogP contribution in [0.15, 0.2) is 72.8 Å². The van der Waals surface area contributed by atoms with Crippen LogP contribution in [0.25, 0.3) is 21.8 Å². The maximum Gasteiger partial charge on any atom is 0.322 e. The molecule has 6 aromatic rings. The molecule has 7 N–H and O–H groups in total. The van der Waals surface area contributed by atoms with Crippen LogP contribution in [0.2, 0.25) is 0 Å². The number of urea groups is 1. The summed E-state index contributed by atoms with van der Waals surface area (Å²) in [5, 5.41) is 10.4. The molecule has 0 unspecified atom stereocenters. The molecule has 0 aliphatic carbocycles. The number of hydrogen-bond donors (Lipinski definition) is 6.